The lowest BCUT2D eigenvalue weighted by Crippen LogP contribution is -2.53. The van der Waals surface area contributed by atoms with Gasteiger partial charge in [0.05, 0.1) is 0 Å². The fraction of sp³-hybridized carbons (Fsp3) is 0.625. The van der Waals surface area contributed by atoms with Gasteiger partial charge >= 0.3 is 0 Å². The van der Waals surface area contributed by atoms with E-state index in [0.717, 1.165) is 39.3 Å². The second-order valence-electron chi connectivity index (χ2n) is 7.26. The predicted molar refractivity (Wildman–Crippen MR) is 102 cm³/mol. The van der Waals surface area contributed by atoms with Crippen LogP contribution in [-0.2, 0) is 0 Å². The van der Waals surface area contributed by atoms with Gasteiger partial charge in [-0.2, -0.15) is 0 Å². The summed E-state index contributed by atoms with van der Waals surface area (Å²) in [6.07, 6.45) is 0. The van der Waals surface area contributed by atoms with Crippen LogP contribution in [0.4, 0.5) is 11.6 Å². The van der Waals surface area contributed by atoms with Gasteiger partial charge < -0.3 is 21.3 Å². The van der Waals surface area contributed by atoms with Gasteiger partial charge in [-0.15, -0.1) is 0 Å². The molecule has 2 aromatic rings. The van der Waals surface area contributed by atoms with Crippen LogP contribution in [0.1, 0.15) is 21.0 Å². The van der Waals surface area contributed by atoms with Gasteiger partial charge in [0.15, 0.2) is 0 Å². The average molecular weight is 420 g/mol. The van der Waals surface area contributed by atoms with Gasteiger partial charge in [0.1, 0.15) is 0 Å². The number of aromatic nitrogens is 4. The minimum absolute atomic E-state index is 0.0163. The number of rotatable bonds is 5. The lowest BCUT2D eigenvalue weighted by molar-refractivity contribution is 0.0546. The van der Waals surface area contributed by atoms with E-state index in [2.05, 4.69) is 39.7 Å². The van der Waals surface area contributed by atoms with Gasteiger partial charge in [-0.3, -0.25) is 19.4 Å². The molecular weight excluding hydrogens is 396 g/mol. The Bertz CT molecular complexity index is 810. The number of anilines is 2. The predicted octanol–water partition coefficient (Wildman–Crippen LogP) is -2.17. The molecule has 0 bridgehead atoms. The molecule has 4 N–H and O–H groups in total. The van der Waals surface area contributed by atoms with Gasteiger partial charge in [0, 0.05) is 65.4 Å². The monoisotopic (exact) mass is 420 g/mol. The Hall–Kier alpha value is -3.26. The number of hydrogen-bond donors (Lipinski definition) is 2. The van der Waals surface area contributed by atoms with Crippen molar-refractivity contribution in [1.29, 1.82) is 0 Å². The van der Waals surface area contributed by atoms with E-state index in [0.29, 0.717) is 26.2 Å². The molecule has 2 aromatic heterocycles. The first-order valence-corrected chi connectivity index (χ1v) is 9.72. The van der Waals surface area contributed by atoms with E-state index in [9.17, 15) is 9.59 Å². The molecule has 0 radical (unpaired) electrons. The van der Waals surface area contributed by atoms with E-state index in [4.69, 9.17) is 11.5 Å². The standard InChI is InChI=1S/C16H24N10O4/c17-13-11(19-29-21-13)15(27)25-7-3-23(4-8-25)1-2-24-5-9-26(10-6-24)16(28)12-14(18)22-30-20-12/h1-10H2,(H2,17,21)(H2,18,22). The summed E-state index contributed by atoms with van der Waals surface area (Å²) < 4.78 is 9.01. The summed E-state index contributed by atoms with van der Waals surface area (Å²) in [6.45, 7) is 7.26. The zero-order valence-electron chi connectivity index (χ0n) is 16.4. The third kappa shape index (κ3) is 4.18. The maximum atomic E-state index is 12.4. The molecule has 0 aromatic carbocycles. The Labute approximate surface area is 171 Å². The molecule has 2 fully saturated rings. The molecule has 0 spiro atoms. The molecule has 0 saturated carbocycles. The number of nitrogens with two attached hydrogens (primary N) is 2. The Morgan fingerprint density at radius 1 is 0.667 bits per heavy atom. The SMILES string of the molecule is Nc1nonc1C(=O)N1CCN(CCN2CCN(C(=O)c3nonc3N)CC2)CC1. The summed E-state index contributed by atoms with van der Waals surface area (Å²) in [7, 11) is 0. The number of hydrogen-bond acceptors (Lipinski definition) is 12. The number of carbonyl (C=O) groups excluding carboxylic acids is 2. The topological polar surface area (TPSA) is 177 Å². The highest BCUT2D eigenvalue weighted by Crippen LogP contribution is 2.13. The van der Waals surface area contributed by atoms with Crippen LogP contribution in [0.3, 0.4) is 0 Å². The van der Waals surface area contributed by atoms with Gasteiger partial charge in [0.2, 0.25) is 23.0 Å². The normalized spacial score (nSPS) is 18.7. The first kappa shape index (κ1) is 20.0. The first-order chi connectivity index (χ1) is 14.5. The number of carbonyl (C=O) groups is 2. The number of piperazine rings is 2. The molecule has 4 heterocycles. The van der Waals surface area contributed by atoms with Crippen molar-refractivity contribution in [2.75, 3.05) is 76.9 Å². The molecular formula is C16H24N10O4. The van der Waals surface area contributed by atoms with Crippen LogP contribution in [0.5, 0.6) is 0 Å². The summed E-state index contributed by atoms with van der Waals surface area (Å²) in [6, 6.07) is 0. The Balaban J connectivity index is 1.17. The first-order valence-electron chi connectivity index (χ1n) is 9.72. The van der Waals surface area contributed by atoms with Crippen molar-refractivity contribution in [2.24, 2.45) is 0 Å². The van der Waals surface area contributed by atoms with Gasteiger partial charge in [-0.1, -0.05) is 0 Å². The Morgan fingerprint density at radius 2 is 1.03 bits per heavy atom. The highest BCUT2D eigenvalue weighted by Gasteiger charge is 2.28. The van der Waals surface area contributed by atoms with Crippen molar-refractivity contribution >= 4 is 23.5 Å². The van der Waals surface area contributed by atoms with E-state index < -0.39 is 0 Å². The van der Waals surface area contributed by atoms with E-state index in [1.807, 2.05) is 0 Å². The zero-order valence-corrected chi connectivity index (χ0v) is 16.4. The minimum Gasteiger partial charge on any atom is -0.379 e. The summed E-state index contributed by atoms with van der Waals surface area (Å²) >= 11 is 0. The smallest absolute Gasteiger partial charge is 0.280 e. The summed E-state index contributed by atoms with van der Waals surface area (Å²) in [5.74, 6) is -0.473. The largest absolute Gasteiger partial charge is 0.379 e. The summed E-state index contributed by atoms with van der Waals surface area (Å²) in [4.78, 5) is 32.8. The van der Waals surface area contributed by atoms with Crippen molar-refractivity contribution in [2.45, 2.75) is 0 Å². The second-order valence-corrected chi connectivity index (χ2v) is 7.26. The molecule has 4 rings (SSSR count). The highest BCUT2D eigenvalue weighted by atomic mass is 16.6. The molecule has 2 aliphatic heterocycles. The van der Waals surface area contributed by atoms with Crippen molar-refractivity contribution in [3.05, 3.63) is 11.4 Å². The van der Waals surface area contributed by atoms with Crippen LogP contribution in [0, 0.1) is 0 Å². The number of amides is 2. The molecule has 2 aliphatic rings. The minimum atomic E-state index is -0.253. The van der Waals surface area contributed by atoms with E-state index in [-0.39, 0.29) is 34.8 Å². The fourth-order valence-corrected chi connectivity index (χ4v) is 3.62. The van der Waals surface area contributed by atoms with Crippen LogP contribution in [0.25, 0.3) is 0 Å². The molecule has 2 amide bonds. The van der Waals surface area contributed by atoms with Gasteiger partial charge in [0.25, 0.3) is 11.8 Å². The summed E-state index contributed by atoms with van der Waals surface area (Å²) in [5, 5.41) is 14.1. The van der Waals surface area contributed by atoms with Crippen molar-refractivity contribution < 1.29 is 18.8 Å². The Kier molecular flexibility index (Phi) is 5.76. The lowest BCUT2D eigenvalue weighted by Gasteiger charge is -2.37. The van der Waals surface area contributed by atoms with Crippen molar-refractivity contribution in [3.63, 3.8) is 0 Å². The van der Waals surface area contributed by atoms with Crippen molar-refractivity contribution in [1.82, 2.24) is 40.2 Å². The molecule has 14 nitrogen and oxygen atoms in total. The van der Waals surface area contributed by atoms with Gasteiger partial charge in [-0.25, -0.2) is 9.26 Å². The zero-order chi connectivity index (χ0) is 21.1. The molecule has 0 atom stereocenters. The number of nitrogens with zero attached hydrogens (tertiary/aromatic N) is 8. The summed E-state index contributed by atoms with van der Waals surface area (Å²) in [5.41, 5.74) is 11.3. The van der Waals surface area contributed by atoms with Crippen molar-refractivity contribution in [3.8, 4) is 0 Å². The molecule has 0 aliphatic carbocycles. The van der Waals surface area contributed by atoms with Gasteiger partial charge in [-0.05, 0) is 20.6 Å². The fourth-order valence-electron chi connectivity index (χ4n) is 3.62. The van der Waals surface area contributed by atoms with E-state index in [1.165, 1.54) is 0 Å². The van der Waals surface area contributed by atoms with Crippen LogP contribution in [0.2, 0.25) is 0 Å². The second kappa shape index (κ2) is 8.62. The molecule has 14 heteroatoms. The highest BCUT2D eigenvalue weighted by molar-refractivity contribution is 5.96. The van der Waals surface area contributed by atoms with Crippen LogP contribution in [-0.4, -0.2) is 117 Å². The quantitative estimate of drug-likeness (QED) is 0.536. The van der Waals surface area contributed by atoms with Crippen LogP contribution < -0.4 is 11.5 Å². The van der Waals surface area contributed by atoms with E-state index >= 15 is 0 Å². The maximum Gasteiger partial charge on any atom is 0.280 e. The number of nitrogen functional groups attached to an aromatic ring is 2. The third-order valence-corrected chi connectivity index (χ3v) is 5.48. The van der Waals surface area contributed by atoms with Crippen LogP contribution >= 0.6 is 0 Å². The molecule has 0 unspecified atom stereocenters. The average Bonchev–Trinajstić information content (AvgIpc) is 3.40. The maximum absolute atomic E-state index is 12.4. The third-order valence-electron chi connectivity index (χ3n) is 5.48. The molecule has 2 saturated heterocycles. The Morgan fingerprint density at radius 3 is 1.33 bits per heavy atom. The molecule has 162 valence electrons. The lowest BCUT2D eigenvalue weighted by atomic mass is 10.2. The molecule has 30 heavy (non-hydrogen) atoms. The van der Waals surface area contributed by atoms with Crippen LogP contribution in [0.15, 0.2) is 9.26 Å². The van der Waals surface area contributed by atoms with E-state index in [1.54, 1.807) is 9.80 Å².